The fourth-order valence-electron chi connectivity index (χ4n) is 3.61. The SMILES string of the molecule is CCCCCC(OCC)C(=NCc1ccccc1)C(=O)c1ccc(Sc2ccccc2)cc1. The zero-order valence-electron chi connectivity index (χ0n) is 19.6. The Kier molecular flexibility index (Phi) is 10.4. The van der Waals surface area contributed by atoms with Crippen LogP contribution in [0.4, 0.5) is 0 Å². The van der Waals surface area contributed by atoms with E-state index in [0.29, 0.717) is 24.4 Å². The molecule has 0 N–H and O–H groups in total. The Labute approximate surface area is 202 Å². The number of carbonyl (C=O) groups is 1. The van der Waals surface area contributed by atoms with Gasteiger partial charge in [0.25, 0.3) is 0 Å². The van der Waals surface area contributed by atoms with Crippen LogP contribution in [-0.2, 0) is 11.3 Å². The molecule has 1 atom stereocenters. The zero-order chi connectivity index (χ0) is 23.3. The number of rotatable bonds is 13. The summed E-state index contributed by atoms with van der Waals surface area (Å²) in [6.07, 6.45) is 3.80. The molecule has 0 aliphatic rings. The third-order valence-electron chi connectivity index (χ3n) is 5.35. The topological polar surface area (TPSA) is 38.7 Å². The minimum Gasteiger partial charge on any atom is -0.372 e. The Balaban J connectivity index is 1.82. The van der Waals surface area contributed by atoms with Gasteiger partial charge in [0.05, 0.1) is 6.54 Å². The lowest BCUT2D eigenvalue weighted by atomic mass is 9.98. The van der Waals surface area contributed by atoms with Gasteiger partial charge in [0.2, 0.25) is 5.78 Å². The molecule has 0 saturated carbocycles. The Morgan fingerprint density at radius 2 is 1.48 bits per heavy atom. The fourth-order valence-corrected chi connectivity index (χ4v) is 4.44. The van der Waals surface area contributed by atoms with Crippen LogP contribution in [0.1, 0.15) is 55.5 Å². The van der Waals surface area contributed by atoms with Crippen LogP contribution in [0.25, 0.3) is 0 Å². The number of carbonyl (C=O) groups excluding carboxylic acids is 1. The molecule has 3 nitrogen and oxygen atoms in total. The van der Waals surface area contributed by atoms with Crippen molar-refractivity contribution in [2.45, 2.75) is 62.0 Å². The summed E-state index contributed by atoms with van der Waals surface area (Å²) in [6, 6.07) is 28.1. The molecule has 172 valence electrons. The van der Waals surface area contributed by atoms with Gasteiger partial charge in [-0.2, -0.15) is 0 Å². The maximum atomic E-state index is 13.6. The van der Waals surface area contributed by atoms with E-state index in [0.717, 1.165) is 36.1 Å². The van der Waals surface area contributed by atoms with Crippen LogP contribution < -0.4 is 0 Å². The van der Waals surface area contributed by atoms with Crippen molar-refractivity contribution in [3.8, 4) is 0 Å². The molecule has 0 aromatic heterocycles. The molecular formula is C29H33NO2S. The molecule has 3 aromatic rings. The minimum absolute atomic E-state index is 0.0443. The maximum Gasteiger partial charge on any atom is 0.209 e. The van der Waals surface area contributed by atoms with Crippen LogP contribution in [0, 0.1) is 0 Å². The van der Waals surface area contributed by atoms with E-state index in [1.807, 2.05) is 79.7 Å². The van der Waals surface area contributed by atoms with Gasteiger partial charge in [0.15, 0.2) is 0 Å². The van der Waals surface area contributed by atoms with Crippen molar-refractivity contribution < 1.29 is 9.53 Å². The number of nitrogens with zero attached hydrogens (tertiary/aromatic N) is 1. The van der Waals surface area contributed by atoms with E-state index < -0.39 is 0 Å². The van der Waals surface area contributed by atoms with Crippen molar-refractivity contribution in [1.29, 1.82) is 0 Å². The molecule has 0 spiro atoms. The highest BCUT2D eigenvalue weighted by molar-refractivity contribution is 7.99. The van der Waals surface area contributed by atoms with E-state index in [1.54, 1.807) is 11.8 Å². The van der Waals surface area contributed by atoms with Gasteiger partial charge in [-0.25, -0.2) is 0 Å². The smallest absolute Gasteiger partial charge is 0.209 e. The van der Waals surface area contributed by atoms with E-state index in [1.165, 1.54) is 4.90 Å². The predicted octanol–water partition coefficient (Wildman–Crippen LogP) is 7.65. The lowest BCUT2D eigenvalue weighted by molar-refractivity contribution is 0.0904. The molecule has 0 saturated heterocycles. The number of Topliss-reactive ketones (excluding diaryl/α,β-unsaturated/α-hetero) is 1. The van der Waals surface area contributed by atoms with E-state index in [9.17, 15) is 4.79 Å². The molecule has 0 fully saturated rings. The highest BCUT2D eigenvalue weighted by atomic mass is 32.2. The van der Waals surface area contributed by atoms with Gasteiger partial charge in [-0.1, -0.05) is 86.5 Å². The normalized spacial score (nSPS) is 12.5. The average Bonchev–Trinajstić information content (AvgIpc) is 2.86. The summed E-state index contributed by atoms with van der Waals surface area (Å²) in [6.45, 7) is 5.18. The van der Waals surface area contributed by atoms with Gasteiger partial charge in [-0.3, -0.25) is 9.79 Å². The van der Waals surface area contributed by atoms with Crippen molar-refractivity contribution in [2.75, 3.05) is 6.61 Å². The van der Waals surface area contributed by atoms with E-state index >= 15 is 0 Å². The van der Waals surface area contributed by atoms with Gasteiger partial charge in [-0.05, 0) is 55.3 Å². The first-order chi connectivity index (χ1) is 16.2. The highest BCUT2D eigenvalue weighted by Crippen LogP contribution is 2.27. The summed E-state index contributed by atoms with van der Waals surface area (Å²) >= 11 is 1.69. The minimum atomic E-state index is -0.281. The quantitative estimate of drug-likeness (QED) is 0.150. The fraction of sp³-hybridized carbons (Fsp3) is 0.310. The molecular weight excluding hydrogens is 426 g/mol. The molecule has 3 aromatic carbocycles. The van der Waals surface area contributed by atoms with Gasteiger partial charge >= 0.3 is 0 Å². The Bertz CT molecular complexity index is 1000. The highest BCUT2D eigenvalue weighted by Gasteiger charge is 2.24. The molecule has 3 rings (SSSR count). The second-order valence-corrected chi connectivity index (χ2v) is 9.04. The van der Waals surface area contributed by atoms with Crippen LogP contribution in [-0.4, -0.2) is 24.2 Å². The van der Waals surface area contributed by atoms with Crippen molar-refractivity contribution in [1.82, 2.24) is 0 Å². The van der Waals surface area contributed by atoms with Crippen molar-refractivity contribution >= 4 is 23.3 Å². The largest absolute Gasteiger partial charge is 0.372 e. The second kappa shape index (κ2) is 13.8. The Morgan fingerprint density at radius 1 is 0.848 bits per heavy atom. The molecule has 0 heterocycles. The first-order valence-electron chi connectivity index (χ1n) is 11.8. The first kappa shape index (κ1) is 24.9. The van der Waals surface area contributed by atoms with Crippen molar-refractivity contribution in [3.63, 3.8) is 0 Å². The second-order valence-electron chi connectivity index (χ2n) is 7.90. The van der Waals surface area contributed by atoms with Crippen LogP contribution >= 0.6 is 11.8 Å². The molecule has 4 heteroatoms. The zero-order valence-corrected chi connectivity index (χ0v) is 20.4. The summed E-state index contributed by atoms with van der Waals surface area (Å²) in [5.41, 5.74) is 2.26. The summed E-state index contributed by atoms with van der Waals surface area (Å²) in [5, 5.41) is 0. The monoisotopic (exact) mass is 459 g/mol. The van der Waals surface area contributed by atoms with E-state index in [-0.39, 0.29) is 11.9 Å². The number of ketones is 1. The van der Waals surface area contributed by atoms with Gasteiger partial charge in [0, 0.05) is 22.0 Å². The van der Waals surface area contributed by atoms with Gasteiger partial charge in [-0.15, -0.1) is 0 Å². The molecule has 0 amide bonds. The average molecular weight is 460 g/mol. The van der Waals surface area contributed by atoms with Crippen LogP contribution in [0.2, 0.25) is 0 Å². The molecule has 1 unspecified atom stereocenters. The molecule has 0 aliphatic carbocycles. The molecule has 0 aliphatic heterocycles. The standard InChI is InChI=1S/C29H33NO2S/c1-3-5-8-17-27(32-4-2)28(30-22-23-13-9-6-10-14-23)29(31)24-18-20-26(21-19-24)33-25-15-11-7-12-16-25/h6-7,9-16,18-21,27H,3-5,8,17,22H2,1-2H3. The number of ether oxygens (including phenoxy) is 1. The summed E-state index contributed by atoms with van der Waals surface area (Å²) in [7, 11) is 0. The van der Waals surface area contributed by atoms with E-state index in [4.69, 9.17) is 9.73 Å². The van der Waals surface area contributed by atoms with E-state index in [2.05, 4.69) is 19.1 Å². The summed E-state index contributed by atoms with van der Waals surface area (Å²) in [5.74, 6) is -0.0443. The summed E-state index contributed by atoms with van der Waals surface area (Å²) < 4.78 is 6.03. The third-order valence-corrected chi connectivity index (χ3v) is 6.36. The lowest BCUT2D eigenvalue weighted by Crippen LogP contribution is -2.32. The van der Waals surface area contributed by atoms with Crippen molar-refractivity contribution in [2.24, 2.45) is 4.99 Å². The van der Waals surface area contributed by atoms with Crippen LogP contribution in [0.15, 0.2) is 99.7 Å². The number of aliphatic imine (C=N–C) groups is 1. The first-order valence-corrected chi connectivity index (χ1v) is 12.6. The number of unbranched alkanes of at least 4 members (excludes halogenated alkanes) is 2. The summed E-state index contributed by atoms with van der Waals surface area (Å²) in [4.78, 5) is 20.6. The van der Waals surface area contributed by atoms with Gasteiger partial charge < -0.3 is 4.74 Å². The third kappa shape index (κ3) is 7.99. The molecule has 33 heavy (non-hydrogen) atoms. The molecule has 0 radical (unpaired) electrons. The van der Waals surface area contributed by atoms with Gasteiger partial charge in [0.1, 0.15) is 11.8 Å². The Hall–Kier alpha value is -2.69. The number of benzene rings is 3. The van der Waals surface area contributed by atoms with Crippen molar-refractivity contribution in [3.05, 3.63) is 96.1 Å². The Morgan fingerprint density at radius 3 is 2.12 bits per heavy atom. The van der Waals surface area contributed by atoms with Crippen LogP contribution in [0.5, 0.6) is 0 Å². The predicted molar refractivity (Wildman–Crippen MR) is 138 cm³/mol. The lowest BCUT2D eigenvalue weighted by Gasteiger charge is -2.19. The number of hydrogen-bond acceptors (Lipinski definition) is 4. The van der Waals surface area contributed by atoms with Crippen LogP contribution in [0.3, 0.4) is 0 Å². The molecule has 0 bridgehead atoms. The maximum absolute atomic E-state index is 13.6. The number of hydrogen-bond donors (Lipinski definition) is 0.